The minimum atomic E-state index is -3.69. The number of thioether (sulfide) groups is 1. The third-order valence-electron chi connectivity index (χ3n) is 4.49. The van der Waals surface area contributed by atoms with Gasteiger partial charge in [0, 0.05) is 36.7 Å². The molecule has 0 saturated carbocycles. The van der Waals surface area contributed by atoms with Crippen LogP contribution in [-0.4, -0.2) is 51.6 Å². The number of aryl methyl sites for hydroxylation is 1. The summed E-state index contributed by atoms with van der Waals surface area (Å²) >= 11 is 1.92. The lowest BCUT2D eigenvalue weighted by Gasteiger charge is -2.34. The van der Waals surface area contributed by atoms with E-state index in [1.54, 1.807) is 24.7 Å². The molecule has 2 aromatic rings. The number of rotatable bonds is 7. The van der Waals surface area contributed by atoms with Gasteiger partial charge in [0.2, 0.25) is 10.0 Å². The second-order valence-electron chi connectivity index (χ2n) is 6.23. The van der Waals surface area contributed by atoms with Crippen LogP contribution in [0.5, 0.6) is 5.75 Å². The monoisotopic (exact) mass is 396 g/mol. The Morgan fingerprint density at radius 2 is 2.08 bits per heavy atom. The van der Waals surface area contributed by atoms with Crippen LogP contribution in [0.2, 0.25) is 0 Å². The largest absolute Gasteiger partial charge is 0.495 e. The van der Waals surface area contributed by atoms with Crippen LogP contribution in [0, 0.1) is 6.92 Å². The van der Waals surface area contributed by atoms with E-state index in [1.165, 1.54) is 7.11 Å². The molecule has 1 saturated heterocycles. The highest BCUT2D eigenvalue weighted by atomic mass is 32.2. The van der Waals surface area contributed by atoms with Gasteiger partial charge in [-0.15, -0.1) is 0 Å². The molecule has 0 aliphatic carbocycles. The van der Waals surface area contributed by atoms with E-state index in [0.29, 0.717) is 5.75 Å². The SMILES string of the molecule is COc1ccc(C)cc1S(=O)(=O)NC[C@H](c1ccoc1)N1CCSCC1. The number of hydrogen-bond donors (Lipinski definition) is 1. The van der Waals surface area contributed by atoms with Crippen LogP contribution in [0.15, 0.2) is 46.1 Å². The molecule has 26 heavy (non-hydrogen) atoms. The zero-order chi connectivity index (χ0) is 18.6. The molecule has 1 atom stereocenters. The van der Waals surface area contributed by atoms with Crippen molar-refractivity contribution in [3.05, 3.63) is 47.9 Å². The highest BCUT2D eigenvalue weighted by Gasteiger charge is 2.27. The van der Waals surface area contributed by atoms with Gasteiger partial charge in [-0.05, 0) is 30.7 Å². The van der Waals surface area contributed by atoms with Gasteiger partial charge in [0.15, 0.2) is 0 Å². The summed E-state index contributed by atoms with van der Waals surface area (Å²) in [5.74, 6) is 2.44. The first-order valence-corrected chi connectivity index (χ1v) is 11.1. The van der Waals surface area contributed by atoms with Crippen molar-refractivity contribution < 1.29 is 17.6 Å². The Labute approximate surface area is 159 Å². The molecule has 1 aliphatic rings. The van der Waals surface area contributed by atoms with E-state index in [2.05, 4.69) is 9.62 Å². The fraction of sp³-hybridized carbons (Fsp3) is 0.444. The molecule has 3 rings (SSSR count). The number of nitrogens with one attached hydrogen (secondary N) is 1. The fourth-order valence-corrected chi connectivity index (χ4v) is 5.29. The van der Waals surface area contributed by atoms with Crippen molar-refractivity contribution >= 4 is 21.8 Å². The second kappa shape index (κ2) is 8.47. The number of nitrogens with zero attached hydrogens (tertiary/aromatic N) is 1. The predicted octanol–water partition coefficient (Wildman–Crippen LogP) is 2.67. The summed E-state index contributed by atoms with van der Waals surface area (Å²) in [6.07, 6.45) is 3.31. The number of benzene rings is 1. The van der Waals surface area contributed by atoms with Crippen molar-refractivity contribution in [1.82, 2.24) is 9.62 Å². The van der Waals surface area contributed by atoms with Crippen LogP contribution in [-0.2, 0) is 10.0 Å². The van der Waals surface area contributed by atoms with E-state index in [1.807, 2.05) is 30.8 Å². The molecule has 1 N–H and O–H groups in total. The molecule has 1 aromatic carbocycles. The van der Waals surface area contributed by atoms with E-state index in [9.17, 15) is 8.42 Å². The molecule has 2 heterocycles. The lowest BCUT2D eigenvalue weighted by molar-refractivity contribution is 0.218. The predicted molar refractivity (Wildman–Crippen MR) is 103 cm³/mol. The first kappa shape index (κ1) is 19.3. The third-order valence-corrected chi connectivity index (χ3v) is 6.88. The Morgan fingerprint density at radius 3 is 2.73 bits per heavy atom. The molecular formula is C18H24N2O4S2. The van der Waals surface area contributed by atoms with Crippen LogP contribution >= 0.6 is 11.8 Å². The van der Waals surface area contributed by atoms with Gasteiger partial charge in [0.1, 0.15) is 10.6 Å². The van der Waals surface area contributed by atoms with Gasteiger partial charge in [0.25, 0.3) is 0 Å². The van der Waals surface area contributed by atoms with Crippen molar-refractivity contribution in [2.45, 2.75) is 17.9 Å². The second-order valence-corrected chi connectivity index (χ2v) is 9.19. The average Bonchev–Trinajstić information content (AvgIpc) is 3.17. The van der Waals surface area contributed by atoms with Crippen molar-refractivity contribution in [3.63, 3.8) is 0 Å². The molecule has 0 bridgehead atoms. The Hall–Kier alpha value is -1.48. The maximum Gasteiger partial charge on any atom is 0.244 e. The van der Waals surface area contributed by atoms with Crippen molar-refractivity contribution in [2.24, 2.45) is 0 Å². The molecule has 1 aromatic heterocycles. The minimum absolute atomic E-state index is 0.0553. The van der Waals surface area contributed by atoms with Gasteiger partial charge in [-0.2, -0.15) is 11.8 Å². The number of methoxy groups -OCH3 is 1. The lowest BCUT2D eigenvalue weighted by Crippen LogP contribution is -2.41. The van der Waals surface area contributed by atoms with Gasteiger partial charge in [-0.25, -0.2) is 13.1 Å². The maximum atomic E-state index is 12.9. The van der Waals surface area contributed by atoms with Crippen molar-refractivity contribution in [1.29, 1.82) is 0 Å². The highest BCUT2D eigenvalue weighted by molar-refractivity contribution is 7.99. The van der Waals surface area contributed by atoms with E-state index in [0.717, 1.165) is 35.7 Å². The quantitative estimate of drug-likeness (QED) is 0.776. The number of furan rings is 1. The maximum absolute atomic E-state index is 12.9. The summed E-state index contributed by atoms with van der Waals surface area (Å²) in [6.45, 7) is 3.99. The molecule has 6 nitrogen and oxygen atoms in total. The van der Waals surface area contributed by atoms with Gasteiger partial charge in [0.05, 0.1) is 25.7 Å². The Bertz CT molecular complexity index is 816. The van der Waals surface area contributed by atoms with Gasteiger partial charge in [-0.1, -0.05) is 6.07 Å². The lowest BCUT2D eigenvalue weighted by atomic mass is 10.1. The fourth-order valence-electron chi connectivity index (χ4n) is 3.07. The first-order valence-electron chi connectivity index (χ1n) is 8.49. The highest BCUT2D eigenvalue weighted by Crippen LogP contribution is 2.27. The van der Waals surface area contributed by atoms with Crippen LogP contribution in [0.3, 0.4) is 0 Å². The molecule has 0 spiro atoms. The van der Waals surface area contributed by atoms with Gasteiger partial charge < -0.3 is 9.15 Å². The number of sulfonamides is 1. The Kier molecular flexibility index (Phi) is 6.29. The molecule has 8 heteroatoms. The molecule has 0 radical (unpaired) electrons. The molecule has 1 fully saturated rings. The van der Waals surface area contributed by atoms with Gasteiger partial charge >= 0.3 is 0 Å². The van der Waals surface area contributed by atoms with Crippen LogP contribution in [0.4, 0.5) is 0 Å². The summed E-state index contributed by atoms with van der Waals surface area (Å²) in [5, 5.41) is 0. The van der Waals surface area contributed by atoms with Crippen LogP contribution in [0.1, 0.15) is 17.2 Å². The van der Waals surface area contributed by atoms with Crippen molar-refractivity contribution in [3.8, 4) is 5.75 Å². The summed E-state index contributed by atoms with van der Waals surface area (Å²) in [6, 6.07) is 6.98. The Morgan fingerprint density at radius 1 is 1.31 bits per heavy atom. The van der Waals surface area contributed by atoms with E-state index < -0.39 is 10.0 Å². The summed E-state index contributed by atoms with van der Waals surface area (Å²) in [5.41, 5.74) is 1.85. The topological polar surface area (TPSA) is 71.8 Å². The summed E-state index contributed by atoms with van der Waals surface area (Å²) < 4.78 is 39.0. The zero-order valence-electron chi connectivity index (χ0n) is 15.0. The van der Waals surface area contributed by atoms with Crippen molar-refractivity contribution in [2.75, 3.05) is 38.2 Å². The molecular weight excluding hydrogens is 372 g/mol. The summed E-state index contributed by atoms with van der Waals surface area (Å²) in [4.78, 5) is 2.47. The minimum Gasteiger partial charge on any atom is -0.495 e. The van der Waals surface area contributed by atoms with Gasteiger partial charge in [-0.3, -0.25) is 4.90 Å². The van der Waals surface area contributed by atoms with E-state index in [4.69, 9.17) is 9.15 Å². The first-order chi connectivity index (χ1) is 12.5. The van der Waals surface area contributed by atoms with E-state index in [-0.39, 0.29) is 17.5 Å². The number of ether oxygens (including phenoxy) is 1. The summed E-state index contributed by atoms with van der Waals surface area (Å²) in [7, 11) is -2.21. The smallest absolute Gasteiger partial charge is 0.244 e. The Balaban J connectivity index is 1.81. The standard InChI is InChI=1S/C18H24N2O4S2/c1-14-3-4-17(23-2)18(11-14)26(21,22)19-12-16(15-5-8-24-13-15)20-6-9-25-10-7-20/h3-5,8,11,13,16,19H,6-7,9-10,12H2,1-2H3/t16-/m1/s1. The zero-order valence-corrected chi connectivity index (χ0v) is 16.6. The molecule has 0 amide bonds. The molecule has 142 valence electrons. The van der Waals surface area contributed by atoms with E-state index >= 15 is 0 Å². The van der Waals surface area contributed by atoms with Crippen LogP contribution in [0.25, 0.3) is 0 Å². The normalized spacial score (nSPS) is 17.2. The van der Waals surface area contributed by atoms with Crippen LogP contribution < -0.4 is 9.46 Å². The molecule has 0 unspecified atom stereocenters. The third kappa shape index (κ3) is 4.43. The molecule has 1 aliphatic heterocycles. The number of hydrogen-bond acceptors (Lipinski definition) is 6. The average molecular weight is 397 g/mol.